The molecule has 1 unspecified atom stereocenters. The van der Waals surface area contributed by atoms with E-state index in [2.05, 4.69) is 42.8 Å². The fraction of sp³-hybridized carbons (Fsp3) is 0.800. The summed E-state index contributed by atoms with van der Waals surface area (Å²) in [6.07, 6.45) is 4.99. The molecule has 0 aromatic carbocycles. The summed E-state index contributed by atoms with van der Waals surface area (Å²) in [5.41, 5.74) is 2.10. The van der Waals surface area contributed by atoms with Crippen LogP contribution in [0.25, 0.3) is 0 Å². The molecule has 0 bridgehead atoms. The molecule has 11 heavy (non-hydrogen) atoms. The van der Waals surface area contributed by atoms with Crippen LogP contribution in [-0.2, 0) is 0 Å². The zero-order valence-electron chi connectivity index (χ0n) is 7.65. The van der Waals surface area contributed by atoms with Gasteiger partial charge in [-0.25, -0.2) is 0 Å². The van der Waals surface area contributed by atoms with Gasteiger partial charge in [-0.15, -0.1) is 0 Å². The summed E-state index contributed by atoms with van der Waals surface area (Å²) < 4.78 is 0. The van der Waals surface area contributed by atoms with E-state index < -0.39 is 0 Å². The maximum Gasteiger partial charge on any atom is 0.0244 e. The van der Waals surface area contributed by atoms with Crippen molar-refractivity contribution in [3.63, 3.8) is 0 Å². The lowest BCUT2D eigenvalue weighted by Gasteiger charge is -2.36. The van der Waals surface area contributed by atoms with Crippen LogP contribution in [0.5, 0.6) is 0 Å². The van der Waals surface area contributed by atoms with E-state index >= 15 is 0 Å². The minimum absolute atomic E-state index is 0.512. The summed E-state index contributed by atoms with van der Waals surface area (Å²) in [6.45, 7) is 7.08. The first kappa shape index (κ1) is 9.31. The maximum absolute atomic E-state index is 3.53. The standard InChI is InChI=1S/C10H17Br/c1-8-9(7-11)5-4-6-10(8,2)3/h5,8H,4,6-7H2,1-3H3. The van der Waals surface area contributed by atoms with Gasteiger partial charge < -0.3 is 0 Å². The molecule has 0 aromatic rings. The van der Waals surface area contributed by atoms with Crippen LogP contribution < -0.4 is 0 Å². The highest BCUT2D eigenvalue weighted by Crippen LogP contribution is 2.40. The highest BCUT2D eigenvalue weighted by molar-refractivity contribution is 9.09. The monoisotopic (exact) mass is 216 g/mol. The average Bonchev–Trinajstić information content (AvgIpc) is 1.95. The number of hydrogen-bond acceptors (Lipinski definition) is 0. The van der Waals surface area contributed by atoms with Crippen LogP contribution in [0.4, 0.5) is 0 Å². The summed E-state index contributed by atoms with van der Waals surface area (Å²) in [7, 11) is 0. The van der Waals surface area contributed by atoms with Gasteiger partial charge in [0.2, 0.25) is 0 Å². The van der Waals surface area contributed by atoms with Gasteiger partial charge >= 0.3 is 0 Å². The number of halogens is 1. The normalized spacial score (nSPS) is 29.8. The van der Waals surface area contributed by atoms with Gasteiger partial charge in [0.25, 0.3) is 0 Å². The Morgan fingerprint density at radius 1 is 1.64 bits per heavy atom. The van der Waals surface area contributed by atoms with Crippen molar-refractivity contribution >= 4 is 15.9 Å². The van der Waals surface area contributed by atoms with Crippen molar-refractivity contribution in [1.29, 1.82) is 0 Å². The second-order valence-electron chi connectivity index (χ2n) is 4.16. The highest BCUT2D eigenvalue weighted by Gasteiger charge is 2.29. The van der Waals surface area contributed by atoms with Gasteiger partial charge in [-0.2, -0.15) is 0 Å². The topological polar surface area (TPSA) is 0 Å². The van der Waals surface area contributed by atoms with Crippen molar-refractivity contribution in [2.45, 2.75) is 33.6 Å². The van der Waals surface area contributed by atoms with E-state index in [1.165, 1.54) is 12.8 Å². The molecule has 0 aromatic heterocycles. The van der Waals surface area contributed by atoms with E-state index in [0.717, 1.165) is 11.2 Å². The number of alkyl halides is 1. The van der Waals surface area contributed by atoms with Gasteiger partial charge in [-0.1, -0.05) is 48.4 Å². The number of rotatable bonds is 1. The lowest BCUT2D eigenvalue weighted by Crippen LogP contribution is -2.26. The predicted octanol–water partition coefficient (Wildman–Crippen LogP) is 3.76. The molecule has 0 spiro atoms. The third kappa shape index (κ3) is 1.87. The predicted molar refractivity (Wildman–Crippen MR) is 54.1 cm³/mol. The first-order valence-electron chi connectivity index (χ1n) is 4.33. The average molecular weight is 217 g/mol. The number of hydrogen-bond donors (Lipinski definition) is 0. The molecule has 0 fully saturated rings. The first-order valence-corrected chi connectivity index (χ1v) is 5.45. The van der Waals surface area contributed by atoms with E-state index in [4.69, 9.17) is 0 Å². The molecule has 0 saturated carbocycles. The fourth-order valence-corrected chi connectivity index (χ4v) is 2.41. The molecule has 0 saturated heterocycles. The van der Waals surface area contributed by atoms with E-state index in [0.29, 0.717) is 5.41 Å². The third-order valence-electron chi connectivity index (χ3n) is 3.08. The van der Waals surface area contributed by atoms with E-state index in [1.807, 2.05) is 0 Å². The van der Waals surface area contributed by atoms with Crippen LogP contribution in [0.15, 0.2) is 11.6 Å². The van der Waals surface area contributed by atoms with Gasteiger partial charge in [0.15, 0.2) is 0 Å². The molecular formula is C10H17Br. The zero-order valence-corrected chi connectivity index (χ0v) is 9.24. The molecule has 64 valence electrons. The van der Waals surface area contributed by atoms with Crippen molar-refractivity contribution in [2.24, 2.45) is 11.3 Å². The largest absolute Gasteiger partial charge is 0.0880 e. The maximum atomic E-state index is 3.53. The Bertz CT molecular complexity index is 168. The molecule has 0 aliphatic heterocycles. The Labute approximate surface area is 78.2 Å². The van der Waals surface area contributed by atoms with Crippen molar-refractivity contribution in [3.8, 4) is 0 Å². The summed E-state index contributed by atoms with van der Waals surface area (Å²) in [5.74, 6) is 0.746. The van der Waals surface area contributed by atoms with Crippen LogP contribution >= 0.6 is 15.9 Å². The lowest BCUT2D eigenvalue weighted by molar-refractivity contribution is 0.232. The van der Waals surface area contributed by atoms with Crippen molar-refractivity contribution in [2.75, 3.05) is 5.33 Å². The molecular weight excluding hydrogens is 200 g/mol. The number of allylic oxidation sites excluding steroid dienone is 2. The Balaban J connectivity index is 2.77. The zero-order chi connectivity index (χ0) is 8.48. The summed E-state index contributed by atoms with van der Waals surface area (Å²) in [6, 6.07) is 0. The Kier molecular flexibility index (Phi) is 2.79. The smallest absolute Gasteiger partial charge is 0.0244 e. The second-order valence-corrected chi connectivity index (χ2v) is 4.72. The van der Waals surface area contributed by atoms with Crippen LogP contribution in [0, 0.1) is 11.3 Å². The van der Waals surface area contributed by atoms with Crippen molar-refractivity contribution in [1.82, 2.24) is 0 Å². The Morgan fingerprint density at radius 3 is 2.73 bits per heavy atom. The first-order chi connectivity index (χ1) is 5.08. The second kappa shape index (κ2) is 3.30. The van der Waals surface area contributed by atoms with Crippen molar-refractivity contribution < 1.29 is 0 Å². The lowest BCUT2D eigenvalue weighted by atomic mass is 9.70. The fourth-order valence-electron chi connectivity index (χ4n) is 1.70. The summed E-state index contributed by atoms with van der Waals surface area (Å²) in [5, 5.41) is 1.05. The SMILES string of the molecule is CC1C(CBr)=CCCC1(C)C. The van der Waals surface area contributed by atoms with Crippen LogP contribution in [0.3, 0.4) is 0 Å². The minimum atomic E-state index is 0.512. The van der Waals surface area contributed by atoms with Gasteiger partial charge in [-0.3, -0.25) is 0 Å². The Morgan fingerprint density at radius 2 is 2.27 bits per heavy atom. The molecule has 0 amide bonds. The van der Waals surface area contributed by atoms with Crippen LogP contribution in [0.2, 0.25) is 0 Å². The minimum Gasteiger partial charge on any atom is -0.0880 e. The molecule has 0 nitrogen and oxygen atoms in total. The summed E-state index contributed by atoms with van der Waals surface area (Å²) in [4.78, 5) is 0. The molecule has 1 aliphatic carbocycles. The van der Waals surface area contributed by atoms with Gasteiger partial charge in [0, 0.05) is 5.33 Å². The molecule has 1 aliphatic rings. The van der Waals surface area contributed by atoms with E-state index in [1.54, 1.807) is 5.57 Å². The Hall–Kier alpha value is 0.220. The molecule has 0 N–H and O–H groups in total. The van der Waals surface area contributed by atoms with E-state index in [-0.39, 0.29) is 0 Å². The van der Waals surface area contributed by atoms with Gasteiger partial charge in [0.05, 0.1) is 0 Å². The van der Waals surface area contributed by atoms with Crippen LogP contribution in [0.1, 0.15) is 33.6 Å². The quantitative estimate of drug-likeness (QED) is 0.463. The van der Waals surface area contributed by atoms with E-state index in [9.17, 15) is 0 Å². The summed E-state index contributed by atoms with van der Waals surface area (Å²) >= 11 is 3.53. The molecule has 0 heterocycles. The van der Waals surface area contributed by atoms with Crippen LogP contribution in [-0.4, -0.2) is 5.33 Å². The highest BCUT2D eigenvalue weighted by atomic mass is 79.9. The van der Waals surface area contributed by atoms with Gasteiger partial charge in [0.1, 0.15) is 0 Å². The molecule has 0 radical (unpaired) electrons. The van der Waals surface area contributed by atoms with Crippen molar-refractivity contribution in [3.05, 3.63) is 11.6 Å². The molecule has 1 rings (SSSR count). The molecule has 1 atom stereocenters. The third-order valence-corrected chi connectivity index (χ3v) is 3.73. The molecule has 1 heteroatoms. The van der Waals surface area contributed by atoms with Gasteiger partial charge in [-0.05, 0) is 24.2 Å².